The van der Waals surface area contributed by atoms with E-state index < -0.39 is 30.4 Å². The normalized spacial score (nSPS) is 21.7. The van der Waals surface area contributed by atoms with Crippen LogP contribution in [-0.4, -0.2) is 98.2 Å². The zero-order valence-electron chi connectivity index (χ0n) is 26.5. The van der Waals surface area contributed by atoms with Crippen LogP contribution in [0.1, 0.15) is 48.9 Å². The summed E-state index contributed by atoms with van der Waals surface area (Å²) in [5, 5.41) is 27.9. The summed E-state index contributed by atoms with van der Waals surface area (Å²) in [6.45, 7) is 3.81. The molecule has 0 saturated carbocycles. The van der Waals surface area contributed by atoms with Crippen LogP contribution in [0.4, 0.5) is 10.6 Å². The molecule has 6 rings (SSSR count). The predicted molar refractivity (Wildman–Crippen MR) is 174 cm³/mol. The van der Waals surface area contributed by atoms with Crippen LogP contribution in [-0.2, 0) is 20.7 Å². The Balaban J connectivity index is 1.32. The van der Waals surface area contributed by atoms with Gasteiger partial charge in [-0.1, -0.05) is 60.7 Å². The van der Waals surface area contributed by atoms with Crippen molar-refractivity contribution in [3.05, 3.63) is 83.9 Å². The fraction of sp³-hybridized carbons (Fsp3) is 0.441. The van der Waals surface area contributed by atoms with Crippen molar-refractivity contribution in [3.63, 3.8) is 0 Å². The zero-order chi connectivity index (χ0) is 32.9. The van der Waals surface area contributed by atoms with Crippen molar-refractivity contribution < 1.29 is 29.3 Å². The van der Waals surface area contributed by atoms with Gasteiger partial charge in [-0.25, -0.2) is 19.7 Å². The highest BCUT2D eigenvalue weighted by Crippen LogP contribution is 2.34. The number of likely N-dealkylation sites (tertiary alicyclic amines) is 1. The van der Waals surface area contributed by atoms with E-state index in [-0.39, 0.29) is 17.9 Å². The fourth-order valence-electron chi connectivity index (χ4n) is 6.45. The van der Waals surface area contributed by atoms with Gasteiger partial charge in [0.1, 0.15) is 18.0 Å². The molecule has 2 unspecified atom stereocenters. The van der Waals surface area contributed by atoms with Gasteiger partial charge >= 0.3 is 6.09 Å². The SMILES string of the molecule is CCNC(=O)[C@H]1O[C@@H](n2cnc3c(NCC(c4ccccc4)c4ccccc4)nc(CC4CCN(C(=O)OC)CC4)nc32)C(O)C1O. The summed E-state index contributed by atoms with van der Waals surface area (Å²) in [6.07, 6.45) is -1.89. The van der Waals surface area contributed by atoms with Crippen LogP contribution < -0.4 is 10.6 Å². The number of piperidine rings is 1. The first kappa shape index (κ1) is 32.4. The number of ether oxygens (including phenoxy) is 2. The van der Waals surface area contributed by atoms with Crippen LogP contribution in [0.25, 0.3) is 11.2 Å². The van der Waals surface area contributed by atoms with E-state index in [2.05, 4.69) is 39.9 Å². The van der Waals surface area contributed by atoms with Crippen LogP contribution in [0.15, 0.2) is 67.0 Å². The minimum atomic E-state index is -1.43. The molecule has 4 atom stereocenters. The minimum Gasteiger partial charge on any atom is -0.453 e. The van der Waals surface area contributed by atoms with Gasteiger partial charge in [0, 0.05) is 38.5 Å². The Morgan fingerprint density at radius 1 is 1.00 bits per heavy atom. The summed E-state index contributed by atoms with van der Waals surface area (Å²) >= 11 is 0. The van der Waals surface area contributed by atoms with Gasteiger partial charge in [0.15, 0.2) is 29.3 Å². The van der Waals surface area contributed by atoms with Crippen molar-refractivity contribution in [2.75, 3.05) is 38.6 Å². The molecule has 2 aromatic heterocycles. The maximum atomic E-state index is 12.6. The summed E-state index contributed by atoms with van der Waals surface area (Å²) in [6, 6.07) is 20.5. The monoisotopic (exact) mass is 643 g/mol. The van der Waals surface area contributed by atoms with Crippen LogP contribution >= 0.6 is 0 Å². The van der Waals surface area contributed by atoms with E-state index in [1.54, 1.807) is 16.4 Å². The highest BCUT2D eigenvalue weighted by atomic mass is 16.6. The number of hydrogen-bond donors (Lipinski definition) is 4. The first-order chi connectivity index (χ1) is 22.9. The Kier molecular flexibility index (Phi) is 9.95. The molecule has 47 heavy (non-hydrogen) atoms. The maximum Gasteiger partial charge on any atom is 0.409 e. The van der Waals surface area contributed by atoms with Crippen molar-refractivity contribution in [1.29, 1.82) is 0 Å². The van der Waals surface area contributed by atoms with Crippen molar-refractivity contribution in [3.8, 4) is 0 Å². The maximum absolute atomic E-state index is 12.6. The molecule has 4 heterocycles. The van der Waals surface area contributed by atoms with E-state index >= 15 is 0 Å². The van der Waals surface area contributed by atoms with Gasteiger partial charge in [-0.2, -0.15) is 0 Å². The molecule has 248 valence electrons. The number of rotatable bonds is 10. The Labute approximate surface area is 272 Å². The zero-order valence-corrected chi connectivity index (χ0v) is 26.5. The van der Waals surface area contributed by atoms with Crippen molar-refractivity contribution in [2.45, 2.75) is 56.6 Å². The van der Waals surface area contributed by atoms with E-state index in [9.17, 15) is 19.8 Å². The number of carbonyl (C=O) groups is 2. The van der Waals surface area contributed by atoms with Crippen LogP contribution in [0.2, 0.25) is 0 Å². The Morgan fingerprint density at radius 2 is 1.66 bits per heavy atom. The third kappa shape index (κ3) is 6.92. The van der Waals surface area contributed by atoms with Crippen LogP contribution in [0, 0.1) is 5.92 Å². The molecule has 2 saturated heterocycles. The summed E-state index contributed by atoms with van der Waals surface area (Å²) in [5.41, 5.74) is 3.18. The number of amides is 2. The summed E-state index contributed by atoms with van der Waals surface area (Å²) in [4.78, 5) is 40.8. The van der Waals surface area contributed by atoms with Crippen molar-refractivity contribution >= 4 is 29.0 Å². The fourth-order valence-corrected chi connectivity index (χ4v) is 6.45. The average molecular weight is 644 g/mol. The first-order valence-electron chi connectivity index (χ1n) is 16.1. The molecule has 2 aliphatic heterocycles. The van der Waals surface area contributed by atoms with Crippen molar-refractivity contribution in [2.24, 2.45) is 5.92 Å². The average Bonchev–Trinajstić information content (AvgIpc) is 3.65. The second-order valence-corrected chi connectivity index (χ2v) is 12.0. The summed E-state index contributed by atoms with van der Waals surface area (Å²) < 4.78 is 12.4. The lowest BCUT2D eigenvalue weighted by Gasteiger charge is -2.30. The number of fused-ring (bicyclic) bond motifs is 1. The molecular weight excluding hydrogens is 602 g/mol. The minimum absolute atomic E-state index is 0.0172. The predicted octanol–water partition coefficient (Wildman–Crippen LogP) is 2.85. The van der Waals surface area contributed by atoms with Gasteiger partial charge in [-0.05, 0) is 36.8 Å². The number of aromatic nitrogens is 4. The van der Waals surface area contributed by atoms with Crippen LogP contribution in [0.5, 0.6) is 0 Å². The summed E-state index contributed by atoms with van der Waals surface area (Å²) in [7, 11) is 1.39. The standard InChI is InChI=1S/C34H41N7O6/c1-3-35-32(44)29-27(42)28(43)33(47-29)41-20-37-26-30(36-19-24(22-10-6-4-7-11-22)23-12-8-5-9-13-23)38-25(39-31(26)41)18-21-14-16-40(17-15-21)34(45)46-2/h4-13,20-21,24,27-29,33,42-43H,3,14-19H2,1-2H3,(H,35,44)(H,36,38,39)/t27?,28?,29-,33+/m0/s1. The highest BCUT2D eigenvalue weighted by Gasteiger charge is 2.47. The number of methoxy groups -OCH3 is 1. The lowest BCUT2D eigenvalue weighted by atomic mass is 9.91. The molecule has 0 bridgehead atoms. The van der Waals surface area contributed by atoms with Crippen LogP contribution in [0.3, 0.4) is 0 Å². The number of aliphatic hydroxyl groups excluding tert-OH is 2. The Bertz CT molecular complexity index is 1620. The number of benzene rings is 2. The number of anilines is 1. The summed E-state index contributed by atoms with van der Waals surface area (Å²) in [5.74, 6) is 0.845. The number of imidazole rings is 1. The van der Waals surface area contributed by atoms with Crippen molar-refractivity contribution in [1.82, 2.24) is 29.7 Å². The molecule has 2 fully saturated rings. The molecule has 2 aliphatic rings. The van der Waals surface area contributed by atoms with Gasteiger partial charge in [-0.3, -0.25) is 9.36 Å². The molecule has 4 N–H and O–H groups in total. The van der Waals surface area contributed by atoms with Gasteiger partial charge in [0.2, 0.25) is 0 Å². The van der Waals surface area contributed by atoms with E-state index in [1.165, 1.54) is 13.4 Å². The Hall–Kier alpha value is -4.59. The highest BCUT2D eigenvalue weighted by molar-refractivity contribution is 5.84. The molecule has 0 spiro atoms. The third-order valence-electron chi connectivity index (χ3n) is 8.99. The molecule has 4 aromatic rings. The van der Waals surface area contributed by atoms with E-state index in [1.807, 2.05) is 36.4 Å². The number of hydrogen-bond acceptors (Lipinski definition) is 10. The molecular formula is C34H41N7O6. The molecule has 2 aromatic carbocycles. The number of carbonyl (C=O) groups excluding carboxylic acids is 2. The number of aliphatic hydroxyl groups is 2. The second kappa shape index (κ2) is 14.4. The smallest absolute Gasteiger partial charge is 0.409 e. The molecule has 0 radical (unpaired) electrons. The quantitative estimate of drug-likeness (QED) is 0.202. The van der Waals surface area contributed by atoms with E-state index in [4.69, 9.17) is 19.4 Å². The first-order valence-corrected chi connectivity index (χ1v) is 16.1. The molecule has 13 nitrogen and oxygen atoms in total. The Morgan fingerprint density at radius 3 is 2.28 bits per heavy atom. The number of likely N-dealkylation sites (N-methyl/N-ethyl adjacent to an activating group) is 1. The largest absolute Gasteiger partial charge is 0.453 e. The number of nitrogens with zero attached hydrogens (tertiary/aromatic N) is 5. The molecule has 0 aliphatic carbocycles. The van der Waals surface area contributed by atoms with Gasteiger partial charge < -0.3 is 35.2 Å². The molecule has 2 amide bonds. The lowest BCUT2D eigenvalue weighted by molar-refractivity contribution is -0.137. The van der Waals surface area contributed by atoms with E-state index in [0.29, 0.717) is 55.4 Å². The third-order valence-corrected chi connectivity index (χ3v) is 8.99. The number of nitrogens with one attached hydrogen (secondary N) is 2. The van der Waals surface area contributed by atoms with Gasteiger partial charge in [0.25, 0.3) is 5.91 Å². The van der Waals surface area contributed by atoms with Gasteiger partial charge in [-0.15, -0.1) is 0 Å². The van der Waals surface area contributed by atoms with E-state index in [0.717, 1.165) is 24.0 Å². The molecule has 13 heteroatoms. The van der Waals surface area contributed by atoms with Gasteiger partial charge in [0.05, 0.1) is 13.4 Å². The lowest BCUT2D eigenvalue weighted by Crippen LogP contribution is -2.42. The topological polar surface area (TPSA) is 164 Å². The second-order valence-electron chi connectivity index (χ2n) is 12.0.